The summed E-state index contributed by atoms with van der Waals surface area (Å²) >= 11 is 0. The number of carbonyl (C=O) groups is 2. The summed E-state index contributed by atoms with van der Waals surface area (Å²) in [5, 5.41) is 8.63. The Labute approximate surface area is 101 Å². The Kier molecular flexibility index (Phi) is 6.07. The maximum atomic E-state index is 10.5. The quantitative estimate of drug-likeness (QED) is 0.511. The number of nitrogens with one attached hydrogen (secondary N) is 1. The Bertz CT molecular complexity index is 357. The molecule has 2 N–H and O–H groups in total. The van der Waals surface area contributed by atoms with E-state index in [0.29, 0.717) is 12.8 Å². The lowest BCUT2D eigenvalue weighted by Gasteiger charge is -2.02. The van der Waals surface area contributed by atoms with E-state index in [-0.39, 0.29) is 6.42 Å². The van der Waals surface area contributed by atoms with Gasteiger partial charge in [-0.15, -0.1) is 0 Å². The number of carboxylic acid groups (broad SMARTS) is 1. The van der Waals surface area contributed by atoms with E-state index >= 15 is 0 Å². The van der Waals surface area contributed by atoms with Gasteiger partial charge in [0.15, 0.2) is 0 Å². The number of aromatic nitrogens is 1. The van der Waals surface area contributed by atoms with Crippen molar-refractivity contribution in [3.8, 4) is 0 Å². The van der Waals surface area contributed by atoms with Gasteiger partial charge in [0.2, 0.25) is 0 Å². The Morgan fingerprint density at radius 3 is 2.82 bits per heavy atom. The lowest BCUT2D eigenvalue weighted by molar-refractivity contribution is -0.137. The van der Waals surface area contributed by atoms with Crippen LogP contribution < -0.4 is 0 Å². The molecule has 0 unspecified atom stereocenters. The summed E-state index contributed by atoms with van der Waals surface area (Å²) in [5.74, 6) is -0.767. The van der Waals surface area contributed by atoms with Gasteiger partial charge in [-0.25, -0.2) is 0 Å². The van der Waals surface area contributed by atoms with E-state index in [0.717, 1.165) is 37.7 Å². The predicted molar refractivity (Wildman–Crippen MR) is 65.0 cm³/mol. The van der Waals surface area contributed by atoms with Gasteiger partial charge in [-0.05, 0) is 37.3 Å². The molecule has 4 nitrogen and oxygen atoms in total. The van der Waals surface area contributed by atoms with Crippen molar-refractivity contribution in [3.05, 3.63) is 23.5 Å². The number of aldehydes is 1. The topological polar surface area (TPSA) is 70.2 Å². The zero-order valence-corrected chi connectivity index (χ0v) is 9.95. The number of aliphatic carboxylic acids is 1. The van der Waals surface area contributed by atoms with Crippen LogP contribution in [0.5, 0.6) is 0 Å². The Morgan fingerprint density at radius 2 is 2.12 bits per heavy atom. The van der Waals surface area contributed by atoms with Crippen LogP contribution in [0.4, 0.5) is 0 Å². The second-order valence-electron chi connectivity index (χ2n) is 4.14. The van der Waals surface area contributed by atoms with Crippen LogP contribution in [0, 0.1) is 0 Å². The number of rotatable bonds is 9. The number of hydrogen-bond acceptors (Lipinski definition) is 2. The lowest BCUT2D eigenvalue weighted by atomic mass is 10.0. The van der Waals surface area contributed by atoms with Crippen molar-refractivity contribution in [2.45, 2.75) is 44.9 Å². The largest absolute Gasteiger partial charge is 0.481 e. The van der Waals surface area contributed by atoms with Gasteiger partial charge in [0.1, 0.15) is 6.29 Å². The maximum absolute atomic E-state index is 10.5. The van der Waals surface area contributed by atoms with Crippen LogP contribution in [-0.2, 0) is 22.4 Å². The molecule has 1 aromatic rings. The summed E-state index contributed by atoms with van der Waals surface area (Å²) in [6, 6.07) is 2.01. The Balaban J connectivity index is 2.30. The number of unbranched alkanes of at least 4 members (excludes halogenated alkanes) is 3. The van der Waals surface area contributed by atoms with Crippen LogP contribution in [0.3, 0.4) is 0 Å². The SMILES string of the molecule is O=CCCCCCc1cc[nH]c1CCC(=O)O. The van der Waals surface area contributed by atoms with E-state index in [1.165, 1.54) is 5.56 Å². The van der Waals surface area contributed by atoms with Crippen LogP contribution >= 0.6 is 0 Å². The van der Waals surface area contributed by atoms with Gasteiger partial charge < -0.3 is 14.9 Å². The highest BCUT2D eigenvalue weighted by Crippen LogP contribution is 2.13. The van der Waals surface area contributed by atoms with Crippen molar-refractivity contribution >= 4 is 12.3 Å². The third kappa shape index (κ3) is 5.33. The number of aromatic amines is 1. The summed E-state index contributed by atoms with van der Waals surface area (Å²) in [4.78, 5) is 23.7. The smallest absolute Gasteiger partial charge is 0.303 e. The molecule has 0 bridgehead atoms. The van der Waals surface area contributed by atoms with Crippen molar-refractivity contribution in [3.63, 3.8) is 0 Å². The molecule has 0 aliphatic rings. The second kappa shape index (κ2) is 7.65. The Hall–Kier alpha value is -1.58. The molecule has 0 aliphatic heterocycles. The number of hydrogen-bond donors (Lipinski definition) is 2. The minimum absolute atomic E-state index is 0.165. The third-order valence-corrected chi connectivity index (χ3v) is 2.79. The van der Waals surface area contributed by atoms with Crippen molar-refractivity contribution in [1.82, 2.24) is 4.98 Å². The minimum atomic E-state index is -0.767. The van der Waals surface area contributed by atoms with Crippen molar-refractivity contribution in [2.24, 2.45) is 0 Å². The lowest BCUT2D eigenvalue weighted by Crippen LogP contribution is -2.00. The van der Waals surface area contributed by atoms with Gasteiger partial charge in [-0.1, -0.05) is 6.42 Å². The monoisotopic (exact) mass is 237 g/mol. The first-order chi connectivity index (χ1) is 8.24. The highest BCUT2D eigenvalue weighted by atomic mass is 16.4. The standard InChI is InChI=1S/C13H19NO3/c15-10-4-2-1-3-5-11-8-9-14-12(11)6-7-13(16)17/h8-10,14H,1-7H2,(H,16,17). The number of carboxylic acids is 1. The van der Waals surface area contributed by atoms with Gasteiger partial charge in [-0.2, -0.15) is 0 Å². The molecule has 0 radical (unpaired) electrons. The number of aryl methyl sites for hydroxylation is 2. The van der Waals surface area contributed by atoms with Crippen LogP contribution in [0.25, 0.3) is 0 Å². The molecule has 0 aliphatic carbocycles. The van der Waals surface area contributed by atoms with Crippen molar-refractivity contribution in [1.29, 1.82) is 0 Å². The molecule has 0 atom stereocenters. The van der Waals surface area contributed by atoms with Crippen LogP contribution in [0.15, 0.2) is 12.3 Å². The molecular formula is C13H19NO3. The average molecular weight is 237 g/mol. The van der Waals surface area contributed by atoms with E-state index in [2.05, 4.69) is 4.98 Å². The first kappa shape index (κ1) is 13.5. The number of carbonyl (C=O) groups excluding carboxylic acids is 1. The fraction of sp³-hybridized carbons (Fsp3) is 0.538. The van der Waals surface area contributed by atoms with Gasteiger partial charge in [-0.3, -0.25) is 4.79 Å². The molecule has 0 amide bonds. The summed E-state index contributed by atoms with van der Waals surface area (Å²) in [5.41, 5.74) is 2.24. The fourth-order valence-electron chi connectivity index (χ4n) is 1.85. The minimum Gasteiger partial charge on any atom is -0.481 e. The van der Waals surface area contributed by atoms with Crippen LogP contribution in [-0.4, -0.2) is 22.3 Å². The molecule has 4 heteroatoms. The van der Waals surface area contributed by atoms with Gasteiger partial charge in [0.25, 0.3) is 0 Å². The summed E-state index contributed by atoms with van der Waals surface area (Å²) in [6.45, 7) is 0. The molecule has 0 spiro atoms. The van der Waals surface area contributed by atoms with Crippen molar-refractivity contribution in [2.75, 3.05) is 0 Å². The second-order valence-corrected chi connectivity index (χ2v) is 4.14. The number of H-pyrrole nitrogens is 1. The maximum Gasteiger partial charge on any atom is 0.303 e. The van der Waals surface area contributed by atoms with Gasteiger partial charge in [0.05, 0.1) is 6.42 Å². The van der Waals surface area contributed by atoms with E-state index in [1.54, 1.807) is 0 Å². The molecule has 0 saturated carbocycles. The first-order valence-electron chi connectivity index (χ1n) is 6.04. The van der Waals surface area contributed by atoms with E-state index in [9.17, 15) is 9.59 Å². The zero-order valence-electron chi connectivity index (χ0n) is 9.95. The van der Waals surface area contributed by atoms with E-state index in [4.69, 9.17) is 5.11 Å². The Morgan fingerprint density at radius 1 is 1.29 bits per heavy atom. The molecule has 0 aromatic carbocycles. The molecule has 0 saturated heterocycles. The van der Waals surface area contributed by atoms with Gasteiger partial charge >= 0.3 is 5.97 Å². The predicted octanol–water partition coefficient (Wildman–Crippen LogP) is 2.33. The molecular weight excluding hydrogens is 218 g/mol. The highest BCUT2D eigenvalue weighted by Gasteiger charge is 2.05. The van der Waals surface area contributed by atoms with Crippen LogP contribution in [0.2, 0.25) is 0 Å². The van der Waals surface area contributed by atoms with Gasteiger partial charge in [0, 0.05) is 18.3 Å². The van der Waals surface area contributed by atoms with Crippen LogP contribution in [0.1, 0.15) is 43.4 Å². The molecule has 94 valence electrons. The van der Waals surface area contributed by atoms with E-state index in [1.807, 2.05) is 12.3 Å². The van der Waals surface area contributed by atoms with E-state index < -0.39 is 5.97 Å². The fourth-order valence-corrected chi connectivity index (χ4v) is 1.85. The first-order valence-corrected chi connectivity index (χ1v) is 6.04. The normalized spacial score (nSPS) is 10.4. The highest BCUT2D eigenvalue weighted by molar-refractivity contribution is 5.67. The average Bonchev–Trinajstić information content (AvgIpc) is 2.73. The molecule has 1 rings (SSSR count). The summed E-state index contributed by atoms with van der Waals surface area (Å²) in [7, 11) is 0. The third-order valence-electron chi connectivity index (χ3n) is 2.79. The summed E-state index contributed by atoms with van der Waals surface area (Å²) in [6.07, 6.45) is 8.17. The molecule has 17 heavy (non-hydrogen) atoms. The summed E-state index contributed by atoms with van der Waals surface area (Å²) < 4.78 is 0. The molecule has 1 aromatic heterocycles. The van der Waals surface area contributed by atoms with Crippen molar-refractivity contribution < 1.29 is 14.7 Å². The molecule has 0 fully saturated rings. The zero-order chi connectivity index (χ0) is 12.5. The molecule has 1 heterocycles.